The molecule has 2 rings (SSSR count). The molecule has 0 unspecified atom stereocenters. The third-order valence-corrected chi connectivity index (χ3v) is 1.86. The van der Waals surface area contributed by atoms with Gasteiger partial charge in [-0.2, -0.15) is 10.4 Å². The van der Waals surface area contributed by atoms with Crippen LogP contribution in [0.15, 0.2) is 30.6 Å². The summed E-state index contributed by atoms with van der Waals surface area (Å²) in [5.74, 6) is 0. The third-order valence-electron chi connectivity index (χ3n) is 1.86. The van der Waals surface area contributed by atoms with Gasteiger partial charge in [-0.25, -0.2) is 0 Å². The predicted octanol–water partition coefficient (Wildman–Crippen LogP) is 1.54. The number of hydrogen-bond acceptors (Lipinski definition) is 3. The van der Waals surface area contributed by atoms with Crippen LogP contribution in [0.2, 0.25) is 0 Å². The minimum atomic E-state index is 0.354. The molecular formula is C10H8N4. The Morgan fingerprint density at radius 2 is 2.43 bits per heavy atom. The van der Waals surface area contributed by atoms with Gasteiger partial charge in [-0.05, 0) is 18.2 Å². The Labute approximate surface area is 81.2 Å². The standard InChI is InChI=1S/C10H8N4/c11-4-3-9-6-10(14-13-9)8-2-1-5-12-7-8/h1-2,5-7H,3H2,(H,13,14). The maximum absolute atomic E-state index is 8.49. The maximum Gasteiger partial charge on any atom is 0.0939 e. The van der Waals surface area contributed by atoms with Gasteiger partial charge in [0.15, 0.2) is 0 Å². The van der Waals surface area contributed by atoms with E-state index in [9.17, 15) is 0 Å². The molecule has 2 aromatic heterocycles. The number of nitrogens with zero attached hydrogens (tertiary/aromatic N) is 3. The molecule has 2 aromatic rings. The van der Waals surface area contributed by atoms with E-state index in [2.05, 4.69) is 21.3 Å². The second kappa shape index (κ2) is 3.71. The number of aromatic amines is 1. The van der Waals surface area contributed by atoms with Gasteiger partial charge in [0.05, 0.1) is 18.2 Å². The summed E-state index contributed by atoms with van der Waals surface area (Å²) >= 11 is 0. The highest BCUT2D eigenvalue weighted by Crippen LogP contribution is 2.15. The predicted molar refractivity (Wildman–Crippen MR) is 51.1 cm³/mol. The van der Waals surface area contributed by atoms with Crippen molar-refractivity contribution in [3.05, 3.63) is 36.3 Å². The SMILES string of the molecule is N#CCc1cc(-c2cccnc2)n[nH]1. The van der Waals surface area contributed by atoms with E-state index in [4.69, 9.17) is 5.26 Å². The Morgan fingerprint density at radius 1 is 1.50 bits per heavy atom. The summed E-state index contributed by atoms with van der Waals surface area (Å²) in [6, 6.07) is 7.71. The second-order valence-corrected chi connectivity index (χ2v) is 2.86. The molecule has 4 heteroatoms. The number of pyridine rings is 1. The Morgan fingerprint density at radius 3 is 3.14 bits per heavy atom. The van der Waals surface area contributed by atoms with Crippen molar-refractivity contribution in [2.45, 2.75) is 6.42 Å². The van der Waals surface area contributed by atoms with Gasteiger partial charge in [-0.3, -0.25) is 10.1 Å². The van der Waals surface area contributed by atoms with E-state index in [0.29, 0.717) is 6.42 Å². The fourth-order valence-electron chi connectivity index (χ4n) is 1.20. The van der Waals surface area contributed by atoms with Gasteiger partial charge < -0.3 is 0 Å². The minimum Gasteiger partial charge on any atom is -0.281 e. The average molecular weight is 184 g/mol. The monoisotopic (exact) mass is 184 g/mol. The fourth-order valence-corrected chi connectivity index (χ4v) is 1.20. The molecule has 0 aliphatic heterocycles. The number of rotatable bonds is 2. The molecule has 0 atom stereocenters. The van der Waals surface area contributed by atoms with E-state index < -0.39 is 0 Å². The van der Waals surface area contributed by atoms with Crippen LogP contribution >= 0.6 is 0 Å². The first kappa shape index (κ1) is 8.45. The van der Waals surface area contributed by atoms with Gasteiger partial charge in [0, 0.05) is 23.7 Å². The van der Waals surface area contributed by atoms with Crippen LogP contribution < -0.4 is 0 Å². The van der Waals surface area contributed by atoms with Crippen molar-refractivity contribution in [1.82, 2.24) is 15.2 Å². The average Bonchev–Trinajstić information content (AvgIpc) is 2.68. The normalized spacial score (nSPS) is 9.64. The molecule has 68 valence electrons. The van der Waals surface area contributed by atoms with Crippen molar-refractivity contribution in [3.63, 3.8) is 0 Å². The van der Waals surface area contributed by atoms with Gasteiger partial charge in [0.1, 0.15) is 0 Å². The third kappa shape index (κ3) is 1.62. The smallest absolute Gasteiger partial charge is 0.0939 e. The van der Waals surface area contributed by atoms with E-state index in [0.717, 1.165) is 17.0 Å². The number of H-pyrrole nitrogens is 1. The zero-order valence-electron chi connectivity index (χ0n) is 7.44. The molecule has 0 spiro atoms. The summed E-state index contributed by atoms with van der Waals surface area (Å²) in [4.78, 5) is 4.00. The van der Waals surface area contributed by atoms with Gasteiger partial charge in [0.2, 0.25) is 0 Å². The van der Waals surface area contributed by atoms with Crippen LogP contribution in [0.5, 0.6) is 0 Å². The van der Waals surface area contributed by atoms with E-state index in [1.807, 2.05) is 18.2 Å². The van der Waals surface area contributed by atoms with Crippen LogP contribution in [-0.4, -0.2) is 15.2 Å². The van der Waals surface area contributed by atoms with E-state index in [-0.39, 0.29) is 0 Å². The lowest BCUT2D eigenvalue weighted by Crippen LogP contribution is -1.78. The highest BCUT2D eigenvalue weighted by molar-refractivity contribution is 5.57. The quantitative estimate of drug-likeness (QED) is 0.769. The zero-order valence-corrected chi connectivity index (χ0v) is 7.44. The first-order valence-electron chi connectivity index (χ1n) is 4.22. The molecule has 0 radical (unpaired) electrons. The van der Waals surface area contributed by atoms with Crippen LogP contribution in [0, 0.1) is 11.3 Å². The summed E-state index contributed by atoms with van der Waals surface area (Å²) in [7, 11) is 0. The van der Waals surface area contributed by atoms with Gasteiger partial charge in [0.25, 0.3) is 0 Å². The van der Waals surface area contributed by atoms with E-state index >= 15 is 0 Å². The summed E-state index contributed by atoms with van der Waals surface area (Å²) in [6.07, 6.45) is 3.81. The summed E-state index contributed by atoms with van der Waals surface area (Å²) in [6.45, 7) is 0. The van der Waals surface area contributed by atoms with Crippen molar-refractivity contribution < 1.29 is 0 Å². The Hall–Kier alpha value is -2.15. The summed E-state index contributed by atoms with van der Waals surface area (Å²) < 4.78 is 0. The highest BCUT2D eigenvalue weighted by Gasteiger charge is 2.02. The molecular weight excluding hydrogens is 176 g/mol. The molecule has 1 N–H and O–H groups in total. The number of nitrogens with one attached hydrogen (secondary N) is 1. The first-order chi connectivity index (χ1) is 6.90. The lowest BCUT2D eigenvalue weighted by Gasteiger charge is -1.91. The Kier molecular flexibility index (Phi) is 2.24. The van der Waals surface area contributed by atoms with Crippen molar-refractivity contribution >= 4 is 0 Å². The topological polar surface area (TPSA) is 65.4 Å². The molecule has 0 fully saturated rings. The van der Waals surface area contributed by atoms with Crippen molar-refractivity contribution in [3.8, 4) is 17.3 Å². The fraction of sp³-hybridized carbons (Fsp3) is 0.100. The molecule has 0 amide bonds. The largest absolute Gasteiger partial charge is 0.281 e. The maximum atomic E-state index is 8.49. The van der Waals surface area contributed by atoms with Crippen LogP contribution in [-0.2, 0) is 6.42 Å². The lowest BCUT2D eigenvalue weighted by molar-refractivity contribution is 1.02. The molecule has 0 saturated heterocycles. The number of nitriles is 1. The summed E-state index contributed by atoms with van der Waals surface area (Å²) in [5.41, 5.74) is 2.60. The van der Waals surface area contributed by atoms with Gasteiger partial charge in [-0.15, -0.1) is 0 Å². The molecule has 4 nitrogen and oxygen atoms in total. The first-order valence-corrected chi connectivity index (χ1v) is 4.22. The molecule has 0 bridgehead atoms. The van der Waals surface area contributed by atoms with Crippen LogP contribution in [0.1, 0.15) is 5.69 Å². The van der Waals surface area contributed by atoms with Gasteiger partial charge >= 0.3 is 0 Å². The molecule has 0 aromatic carbocycles. The zero-order chi connectivity index (χ0) is 9.80. The van der Waals surface area contributed by atoms with E-state index in [1.165, 1.54) is 0 Å². The van der Waals surface area contributed by atoms with Gasteiger partial charge in [-0.1, -0.05) is 0 Å². The lowest BCUT2D eigenvalue weighted by atomic mass is 10.2. The Balaban J connectivity index is 2.31. The highest BCUT2D eigenvalue weighted by atomic mass is 15.1. The molecule has 0 aliphatic rings. The molecule has 2 heterocycles. The number of aromatic nitrogens is 3. The second-order valence-electron chi connectivity index (χ2n) is 2.86. The molecule has 14 heavy (non-hydrogen) atoms. The molecule has 0 saturated carbocycles. The van der Waals surface area contributed by atoms with Crippen LogP contribution in [0.4, 0.5) is 0 Å². The number of hydrogen-bond donors (Lipinski definition) is 1. The van der Waals surface area contributed by atoms with E-state index in [1.54, 1.807) is 12.4 Å². The minimum absolute atomic E-state index is 0.354. The molecule has 0 aliphatic carbocycles. The van der Waals surface area contributed by atoms with Crippen LogP contribution in [0.25, 0.3) is 11.3 Å². The van der Waals surface area contributed by atoms with Crippen molar-refractivity contribution in [2.75, 3.05) is 0 Å². The van der Waals surface area contributed by atoms with Crippen LogP contribution in [0.3, 0.4) is 0 Å². The van der Waals surface area contributed by atoms with Crippen molar-refractivity contribution in [2.24, 2.45) is 0 Å². The summed E-state index contributed by atoms with van der Waals surface area (Å²) in [5, 5.41) is 15.4. The van der Waals surface area contributed by atoms with Crippen molar-refractivity contribution in [1.29, 1.82) is 5.26 Å². The Bertz CT molecular complexity index is 452.